The highest BCUT2D eigenvalue weighted by atomic mass is 19.4. The number of imidazole rings is 1. The van der Waals surface area contributed by atoms with Crippen LogP contribution >= 0.6 is 0 Å². The van der Waals surface area contributed by atoms with Gasteiger partial charge in [-0.25, -0.2) is 4.98 Å². The van der Waals surface area contributed by atoms with Crippen LogP contribution in [0.1, 0.15) is 58.9 Å². The Bertz CT molecular complexity index is 1670. The van der Waals surface area contributed by atoms with E-state index in [1.54, 1.807) is 24.3 Å². The van der Waals surface area contributed by atoms with E-state index in [2.05, 4.69) is 44.6 Å². The summed E-state index contributed by atoms with van der Waals surface area (Å²) >= 11 is 0. The third kappa shape index (κ3) is 6.18. The maximum absolute atomic E-state index is 13.7. The summed E-state index contributed by atoms with van der Waals surface area (Å²) in [5.74, 6) is 6.98. The van der Waals surface area contributed by atoms with E-state index in [1.165, 1.54) is 39.5 Å². The molecule has 3 N–H and O–H groups in total. The van der Waals surface area contributed by atoms with E-state index in [-0.39, 0.29) is 46.9 Å². The molecule has 2 atom stereocenters. The summed E-state index contributed by atoms with van der Waals surface area (Å²) in [5, 5.41) is 8.86. The Balaban J connectivity index is 1.22. The molecule has 2 amide bonds. The number of nitrogens with zero attached hydrogens (tertiary/aromatic N) is 3. The molecule has 4 aliphatic rings. The first-order valence-corrected chi connectivity index (χ1v) is 15.2. The quantitative estimate of drug-likeness (QED) is 0.322. The van der Waals surface area contributed by atoms with Crippen LogP contribution in [0.25, 0.3) is 11.0 Å². The predicted octanol–water partition coefficient (Wildman–Crippen LogP) is 4.42. The number of hydrogen-bond donors (Lipinski definition) is 3. The van der Waals surface area contributed by atoms with Crippen LogP contribution < -0.4 is 20.7 Å². The van der Waals surface area contributed by atoms with Gasteiger partial charge in [0.05, 0.1) is 36.7 Å². The van der Waals surface area contributed by atoms with Crippen molar-refractivity contribution < 1.29 is 27.5 Å². The van der Waals surface area contributed by atoms with Gasteiger partial charge in [-0.1, -0.05) is 18.8 Å². The van der Waals surface area contributed by atoms with Crippen LogP contribution in [0.15, 0.2) is 36.7 Å². The standard InChI is InChI=1S/C33H37F3N6O3/c1-20-17-42(32-14-22(15-32)16-32)10-8-25(20)40-31(44)24-11-21(12-27-29(24)39-19-41(27)18-33(34,35)36)5-4-9-38-26-13-23(30(43)37-2)6-7-28(26)45-3/h6-7,11-13,19-20,22,25,38H,8-10,14-18H2,1-3H3,(H,37,43)(H,40,44)/t20-,22?,25-,32?/m0/s1. The van der Waals surface area contributed by atoms with E-state index in [9.17, 15) is 22.8 Å². The minimum Gasteiger partial charge on any atom is -0.495 e. The second kappa shape index (κ2) is 11.9. The van der Waals surface area contributed by atoms with Crippen LogP contribution in [0.3, 0.4) is 0 Å². The van der Waals surface area contributed by atoms with E-state index in [0.29, 0.717) is 28.1 Å². The van der Waals surface area contributed by atoms with Crippen molar-refractivity contribution in [1.82, 2.24) is 25.1 Å². The van der Waals surface area contributed by atoms with Gasteiger partial charge in [-0.3, -0.25) is 14.5 Å². The molecule has 9 nitrogen and oxygen atoms in total. The van der Waals surface area contributed by atoms with Crippen LogP contribution in [0, 0.1) is 23.7 Å². The van der Waals surface area contributed by atoms with Crippen molar-refractivity contribution in [2.45, 2.75) is 56.9 Å². The number of fused-ring (bicyclic) bond motifs is 1. The number of aromatic nitrogens is 2. The second-order valence-electron chi connectivity index (χ2n) is 12.5. The number of nitrogens with one attached hydrogen (secondary N) is 3. The average Bonchev–Trinajstić information content (AvgIpc) is 3.35. The van der Waals surface area contributed by atoms with E-state index in [0.717, 1.165) is 36.3 Å². The third-order valence-corrected chi connectivity index (χ3v) is 9.51. The lowest BCUT2D eigenvalue weighted by Crippen LogP contribution is -2.70. The monoisotopic (exact) mass is 622 g/mol. The lowest BCUT2D eigenvalue weighted by Gasteiger charge is -2.68. The zero-order valence-electron chi connectivity index (χ0n) is 25.6. The molecule has 1 aromatic heterocycles. The highest BCUT2D eigenvalue weighted by Crippen LogP contribution is 2.61. The Morgan fingerprint density at radius 1 is 1.16 bits per heavy atom. The number of anilines is 1. The zero-order chi connectivity index (χ0) is 31.9. The van der Waals surface area contributed by atoms with Gasteiger partial charge < -0.3 is 25.3 Å². The first kappa shape index (κ1) is 30.8. The van der Waals surface area contributed by atoms with Gasteiger partial charge in [-0.2, -0.15) is 13.2 Å². The number of alkyl halides is 3. The van der Waals surface area contributed by atoms with Crippen molar-refractivity contribution in [3.63, 3.8) is 0 Å². The topological polar surface area (TPSA) is 101 Å². The number of halogens is 3. The van der Waals surface area contributed by atoms with Crippen molar-refractivity contribution >= 4 is 28.5 Å². The molecule has 2 heterocycles. The van der Waals surface area contributed by atoms with Gasteiger partial charge in [0.25, 0.3) is 11.8 Å². The number of benzene rings is 2. The largest absolute Gasteiger partial charge is 0.495 e. The fourth-order valence-electron chi connectivity index (χ4n) is 7.00. The summed E-state index contributed by atoms with van der Waals surface area (Å²) in [6.45, 7) is 2.90. The number of piperidine rings is 1. The molecule has 1 saturated heterocycles. The number of rotatable bonds is 8. The smallest absolute Gasteiger partial charge is 0.406 e. The fraction of sp³-hybridized carbons (Fsp3) is 0.485. The fourth-order valence-corrected chi connectivity index (χ4v) is 7.00. The predicted molar refractivity (Wildman–Crippen MR) is 164 cm³/mol. The van der Waals surface area contributed by atoms with Crippen molar-refractivity contribution in [2.75, 3.05) is 39.1 Å². The maximum atomic E-state index is 13.7. The van der Waals surface area contributed by atoms with Gasteiger partial charge in [0.1, 0.15) is 17.8 Å². The molecule has 0 unspecified atom stereocenters. The third-order valence-electron chi connectivity index (χ3n) is 9.51. The normalized spacial score (nSPS) is 24.1. The molecular weight excluding hydrogens is 585 g/mol. The minimum atomic E-state index is -4.46. The maximum Gasteiger partial charge on any atom is 0.406 e. The Morgan fingerprint density at radius 3 is 2.58 bits per heavy atom. The summed E-state index contributed by atoms with van der Waals surface area (Å²) in [6.07, 6.45) is 1.33. The van der Waals surface area contributed by atoms with Gasteiger partial charge >= 0.3 is 6.18 Å². The molecule has 7 rings (SSSR count). The van der Waals surface area contributed by atoms with E-state index >= 15 is 0 Å². The molecule has 238 valence electrons. The van der Waals surface area contributed by atoms with Crippen molar-refractivity contribution in [3.05, 3.63) is 53.3 Å². The van der Waals surface area contributed by atoms with Crippen molar-refractivity contribution in [2.24, 2.45) is 11.8 Å². The molecule has 4 fully saturated rings. The number of likely N-dealkylation sites (tertiary alicyclic amines) is 1. The highest BCUT2D eigenvalue weighted by molar-refractivity contribution is 6.05. The van der Waals surface area contributed by atoms with Crippen LogP contribution in [-0.4, -0.2) is 77.8 Å². The number of amides is 2. The molecule has 2 aromatic carbocycles. The number of methoxy groups -OCH3 is 1. The molecule has 3 aliphatic carbocycles. The first-order chi connectivity index (χ1) is 21.5. The van der Waals surface area contributed by atoms with Gasteiger partial charge in [0.15, 0.2) is 0 Å². The molecule has 0 radical (unpaired) electrons. The summed E-state index contributed by atoms with van der Waals surface area (Å²) in [7, 11) is 3.05. The minimum absolute atomic E-state index is 0.0483. The lowest BCUT2D eigenvalue weighted by molar-refractivity contribution is -0.156. The molecular formula is C33H37F3N6O3. The van der Waals surface area contributed by atoms with Crippen molar-refractivity contribution in [3.8, 4) is 17.6 Å². The summed E-state index contributed by atoms with van der Waals surface area (Å²) < 4.78 is 46.5. The molecule has 2 bridgehead atoms. The van der Waals surface area contributed by atoms with Gasteiger partial charge in [-0.15, -0.1) is 0 Å². The van der Waals surface area contributed by atoms with Gasteiger partial charge in [0.2, 0.25) is 0 Å². The molecule has 45 heavy (non-hydrogen) atoms. The van der Waals surface area contributed by atoms with Gasteiger partial charge in [0, 0.05) is 42.8 Å². The van der Waals surface area contributed by atoms with E-state index < -0.39 is 12.7 Å². The molecule has 12 heteroatoms. The Labute approximate surface area is 259 Å². The Morgan fingerprint density at radius 2 is 1.93 bits per heavy atom. The molecule has 3 saturated carbocycles. The first-order valence-electron chi connectivity index (χ1n) is 15.2. The Kier molecular flexibility index (Phi) is 8.16. The zero-order valence-corrected chi connectivity index (χ0v) is 25.6. The molecule has 1 aliphatic heterocycles. The number of ether oxygens (including phenoxy) is 1. The molecule has 3 aromatic rings. The van der Waals surface area contributed by atoms with E-state index in [4.69, 9.17) is 4.74 Å². The lowest BCUT2D eigenvalue weighted by atomic mass is 9.48. The van der Waals surface area contributed by atoms with Crippen LogP contribution in [0.5, 0.6) is 5.75 Å². The SMILES string of the molecule is CNC(=O)c1ccc(OC)c(NCC#Cc2cc(C(=O)N[C@H]3CCN(C45CC(C4)C5)C[C@@H]3C)c3ncn(CC(F)(F)F)c3c2)c1. The second-order valence-corrected chi connectivity index (χ2v) is 12.5. The summed E-state index contributed by atoms with van der Waals surface area (Å²) in [6, 6.07) is 8.01. The summed E-state index contributed by atoms with van der Waals surface area (Å²) in [4.78, 5) is 32.5. The van der Waals surface area contributed by atoms with E-state index in [1.807, 2.05) is 0 Å². The number of carbonyl (C=O) groups excluding carboxylic acids is 2. The Hall–Kier alpha value is -4.24. The van der Waals surface area contributed by atoms with Gasteiger partial charge in [-0.05, 0) is 67.9 Å². The van der Waals surface area contributed by atoms with Crippen LogP contribution in [0.2, 0.25) is 0 Å². The average molecular weight is 623 g/mol. The van der Waals surface area contributed by atoms with Crippen LogP contribution in [-0.2, 0) is 6.54 Å². The number of hydrogen-bond acceptors (Lipinski definition) is 6. The summed E-state index contributed by atoms with van der Waals surface area (Å²) in [5.41, 5.74) is 2.34. The number of carbonyl (C=O) groups is 2. The molecule has 0 spiro atoms. The van der Waals surface area contributed by atoms with Crippen LogP contribution in [0.4, 0.5) is 18.9 Å². The highest BCUT2D eigenvalue weighted by Gasteiger charge is 2.60. The van der Waals surface area contributed by atoms with Crippen molar-refractivity contribution in [1.29, 1.82) is 0 Å².